The van der Waals surface area contributed by atoms with Crippen molar-refractivity contribution in [1.82, 2.24) is 0 Å². The van der Waals surface area contributed by atoms with E-state index in [2.05, 4.69) is 10.6 Å². The number of nitrogens with one attached hydrogen (secondary N) is 2. The van der Waals surface area contributed by atoms with Crippen LogP contribution in [-0.4, -0.2) is 25.4 Å². The van der Waals surface area contributed by atoms with Crippen LogP contribution < -0.4 is 10.6 Å². The fourth-order valence-electron chi connectivity index (χ4n) is 1.37. The van der Waals surface area contributed by atoms with E-state index in [1.807, 2.05) is 13.8 Å². The molecule has 2 amide bonds. The zero-order chi connectivity index (χ0) is 14.8. The lowest BCUT2D eigenvalue weighted by atomic mass is 10.3. The van der Waals surface area contributed by atoms with Crippen LogP contribution in [0.25, 0.3) is 0 Å². The van der Waals surface area contributed by atoms with Crippen molar-refractivity contribution in [2.45, 2.75) is 26.7 Å². The highest BCUT2D eigenvalue weighted by atomic mass is 16.6. The molecule has 1 aromatic carbocycles. The normalized spacial score (nSPS) is 9.70. The van der Waals surface area contributed by atoms with Crippen molar-refractivity contribution in [3.8, 4) is 0 Å². The Morgan fingerprint density at radius 1 is 0.950 bits per heavy atom. The first-order valence-corrected chi connectivity index (χ1v) is 6.63. The van der Waals surface area contributed by atoms with Crippen LogP contribution in [0, 0.1) is 0 Å². The molecule has 0 unspecified atom stereocenters. The summed E-state index contributed by atoms with van der Waals surface area (Å²) in [5.74, 6) is 0. The molecule has 2 N–H and O–H groups in total. The molecule has 0 spiro atoms. The van der Waals surface area contributed by atoms with Crippen LogP contribution in [0.5, 0.6) is 0 Å². The number of rotatable bonds is 6. The summed E-state index contributed by atoms with van der Waals surface area (Å²) in [6.07, 6.45) is 0.492. The maximum absolute atomic E-state index is 11.4. The van der Waals surface area contributed by atoms with Gasteiger partial charge in [-0.05, 0) is 31.0 Å². The highest BCUT2D eigenvalue weighted by Gasteiger charge is 2.05. The number of hydrogen-bond donors (Lipinski definition) is 2. The van der Waals surface area contributed by atoms with E-state index in [0.29, 0.717) is 24.6 Å². The average Bonchev–Trinajstić information content (AvgIpc) is 2.43. The highest BCUT2D eigenvalue weighted by Crippen LogP contribution is 2.15. The molecule has 1 rings (SSSR count). The third kappa shape index (κ3) is 6.08. The summed E-state index contributed by atoms with van der Waals surface area (Å²) in [6, 6.07) is 6.75. The minimum atomic E-state index is -0.516. The van der Waals surface area contributed by atoms with E-state index in [-0.39, 0.29) is 0 Å². The largest absolute Gasteiger partial charge is 0.449 e. The van der Waals surface area contributed by atoms with Gasteiger partial charge in [-0.25, -0.2) is 9.59 Å². The highest BCUT2D eigenvalue weighted by molar-refractivity contribution is 5.88. The Morgan fingerprint density at radius 3 is 1.80 bits per heavy atom. The first-order valence-electron chi connectivity index (χ1n) is 6.63. The Labute approximate surface area is 118 Å². The molecular weight excluding hydrogens is 260 g/mol. The van der Waals surface area contributed by atoms with Crippen molar-refractivity contribution < 1.29 is 19.1 Å². The smallest absolute Gasteiger partial charge is 0.411 e. The predicted octanol–water partition coefficient (Wildman–Crippen LogP) is 3.60. The second kappa shape index (κ2) is 8.79. The van der Waals surface area contributed by atoms with E-state index >= 15 is 0 Å². The lowest BCUT2D eigenvalue weighted by molar-refractivity contribution is 0.161. The first kappa shape index (κ1) is 15.8. The SMILES string of the molecule is CCCOC(=O)Nc1cccc(NC(=O)OCCC)c1. The van der Waals surface area contributed by atoms with Gasteiger partial charge in [0.25, 0.3) is 0 Å². The summed E-state index contributed by atoms with van der Waals surface area (Å²) in [4.78, 5) is 22.8. The van der Waals surface area contributed by atoms with Crippen molar-refractivity contribution in [1.29, 1.82) is 0 Å². The zero-order valence-corrected chi connectivity index (χ0v) is 11.8. The maximum Gasteiger partial charge on any atom is 0.411 e. The van der Waals surface area contributed by atoms with E-state index in [0.717, 1.165) is 12.8 Å². The summed E-state index contributed by atoms with van der Waals surface area (Å²) in [5, 5.41) is 5.16. The zero-order valence-electron chi connectivity index (χ0n) is 11.8. The van der Waals surface area contributed by atoms with E-state index in [9.17, 15) is 9.59 Å². The van der Waals surface area contributed by atoms with Gasteiger partial charge in [-0.3, -0.25) is 10.6 Å². The topological polar surface area (TPSA) is 76.7 Å². The fourth-order valence-corrected chi connectivity index (χ4v) is 1.37. The van der Waals surface area contributed by atoms with E-state index in [1.165, 1.54) is 0 Å². The van der Waals surface area contributed by atoms with Crippen molar-refractivity contribution >= 4 is 23.6 Å². The maximum atomic E-state index is 11.4. The van der Waals surface area contributed by atoms with E-state index < -0.39 is 12.2 Å². The Morgan fingerprint density at radius 2 is 1.40 bits per heavy atom. The van der Waals surface area contributed by atoms with Gasteiger partial charge in [-0.15, -0.1) is 0 Å². The van der Waals surface area contributed by atoms with Gasteiger partial charge >= 0.3 is 12.2 Å². The molecule has 0 heterocycles. The molecule has 0 aliphatic rings. The van der Waals surface area contributed by atoms with Crippen LogP contribution >= 0.6 is 0 Å². The Hall–Kier alpha value is -2.24. The van der Waals surface area contributed by atoms with Gasteiger partial charge in [-0.1, -0.05) is 19.9 Å². The predicted molar refractivity (Wildman–Crippen MR) is 77.0 cm³/mol. The molecule has 0 atom stereocenters. The molecule has 0 saturated carbocycles. The number of carbonyl (C=O) groups excluding carboxylic acids is 2. The molecule has 6 nitrogen and oxygen atoms in total. The van der Waals surface area contributed by atoms with Gasteiger partial charge in [0.2, 0.25) is 0 Å². The Bertz CT molecular complexity index is 411. The lowest BCUT2D eigenvalue weighted by Gasteiger charge is -2.09. The van der Waals surface area contributed by atoms with Crippen molar-refractivity contribution in [2.75, 3.05) is 23.8 Å². The molecule has 0 fully saturated rings. The number of hydrogen-bond acceptors (Lipinski definition) is 4. The van der Waals surface area contributed by atoms with Crippen LogP contribution in [0.2, 0.25) is 0 Å². The fraction of sp³-hybridized carbons (Fsp3) is 0.429. The molecule has 6 heteroatoms. The van der Waals surface area contributed by atoms with Crippen LogP contribution in [0.15, 0.2) is 24.3 Å². The summed E-state index contributed by atoms with van der Waals surface area (Å²) < 4.78 is 9.81. The summed E-state index contributed by atoms with van der Waals surface area (Å²) in [7, 11) is 0. The second-order valence-electron chi connectivity index (χ2n) is 4.10. The van der Waals surface area contributed by atoms with Crippen molar-refractivity contribution in [3.05, 3.63) is 24.3 Å². The molecule has 0 aliphatic carbocycles. The van der Waals surface area contributed by atoms with Crippen LogP contribution in [-0.2, 0) is 9.47 Å². The number of benzene rings is 1. The Balaban J connectivity index is 2.52. The minimum Gasteiger partial charge on any atom is -0.449 e. The van der Waals surface area contributed by atoms with Crippen molar-refractivity contribution in [2.24, 2.45) is 0 Å². The van der Waals surface area contributed by atoms with Gasteiger partial charge in [0.1, 0.15) is 0 Å². The molecule has 0 bridgehead atoms. The standard InChI is InChI=1S/C14H20N2O4/c1-3-8-19-13(17)15-11-6-5-7-12(10-11)16-14(18)20-9-4-2/h5-7,10H,3-4,8-9H2,1-2H3,(H,15,17)(H,16,18). The number of amides is 2. The first-order chi connectivity index (χ1) is 9.65. The van der Waals surface area contributed by atoms with Crippen molar-refractivity contribution in [3.63, 3.8) is 0 Å². The minimum absolute atomic E-state index is 0.368. The lowest BCUT2D eigenvalue weighted by Crippen LogP contribution is -2.16. The quantitative estimate of drug-likeness (QED) is 0.834. The van der Waals surface area contributed by atoms with E-state index in [1.54, 1.807) is 24.3 Å². The van der Waals surface area contributed by atoms with Crippen LogP contribution in [0.1, 0.15) is 26.7 Å². The van der Waals surface area contributed by atoms with Gasteiger partial charge < -0.3 is 9.47 Å². The molecule has 0 saturated heterocycles. The molecule has 20 heavy (non-hydrogen) atoms. The third-order valence-electron chi connectivity index (χ3n) is 2.23. The summed E-state index contributed by atoms with van der Waals surface area (Å²) in [6.45, 7) is 4.57. The second-order valence-corrected chi connectivity index (χ2v) is 4.10. The molecule has 0 radical (unpaired) electrons. The van der Waals surface area contributed by atoms with Gasteiger partial charge in [0.05, 0.1) is 13.2 Å². The van der Waals surface area contributed by atoms with Crippen LogP contribution in [0.3, 0.4) is 0 Å². The van der Waals surface area contributed by atoms with Gasteiger partial charge in [0.15, 0.2) is 0 Å². The number of carbonyl (C=O) groups is 2. The van der Waals surface area contributed by atoms with Crippen LogP contribution in [0.4, 0.5) is 21.0 Å². The third-order valence-corrected chi connectivity index (χ3v) is 2.23. The summed E-state index contributed by atoms with van der Waals surface area (Å²) in [5.41, 5.74) is 1.08. The Kier molecular flexibility index (Phi) is 6.95. The number of ether oxygens (including phenoxy) is 2. The summed E-state index contributed by atoms with van der Waals surface area (Å²) >= 11 is 0. The molecular formula is C14H20N2O4. The average molecular weight is 280 g/mol. The molecule has 0 aromatic heterocycles. The van der Waals surface area contributed by atoms with Gasteiger partial charge in [-0.2, -0.15) is 0 Å². The molecule has 0 aliphatic heterocycles. The molecule has 110 valence electrons. The van der Waals surface area contributed by atoms with Gasteiger partial charge in [0, 0.05) is 11.4 Å². The van der Waals surface area contributed by atoms with E-state index in [4.69, 9.17) is 9.47 Å². The monoisotopic (exact) mass is 280 g/mol. The molecule has 1 aromatic rings. The number of anilines is 2.